The van der Waals surface area contributed by atoms with Gasteiger partial charge in [0.15, 0.2) is 0 Å². The van der Waals surface area contributed by atoms with Crippen molar-refractivity contribution in [3.63, 3.8) is 0 Å². The van der Waals surface area contributed by atoms with Crippen molar-refractivity contribution in [2.24, 2.45) is 5.73 Å². The molecule has 0 aromatic heterocycles. The van der Waals surface area contributed by atoms with Crippen molar-refractivity contribution in [1.82, 2.24) is 0 Å². The molecule has 0 amide bonds. The summed E-state index contributed by atoms with van der Waals surface area (Å²) in [5.74, 6) is 1.37. The Morgan fingerprint density at radius 3 is 2.50 bits per heavy atom. The molecule has 0 heterocycles. The fraction of sp³-hybridized carbons (Fsp3) is 0.273. The molecule has 0 aliphatic carbocycles. The molecule has 2 heteroatoms. The lowest BCUT2D eigenvalue weighted by molar-refractivity contribution is 0.305. The van der Waals surface area contributed by atoms with E-state index in [0.717, 1.165) is 25.2 Å². The van der Waals surface area contributed by atoms with Crippen LogP contribution in [0.3, 0.4) is 0 Å². The van der Waals surface area contributed by atoms with Gasteiger partial charge in [-0.3, -0.25) is 0 Å². The van der Waals surface area contributed by atoms with Gasteiger partial charge in [0.1, 0.15) is 5.75 Å². The first-order valence-corrected chi connectivity index (χ1v) is 8.65. The van der Waals surface area contributed by atoms with E-state index < -0.39 is 0 Å². The van der Waals surface area contributed by atoms with Gasteiger partial charge in [-0.05, 0) is 54.8 Å². The van der Waals surface area contributed by atoms with Crippen molar-refractivity contribution < 1.29 is 4.74 Å². The molecule has 0 fully saturated rings. The van der Waals surface area contributed by atoms with Gasteiger partial charge in [-0.25, -0.2) is 0 Å². The van der Waals surface area contributed by atoms with Crippen molar-refractivity contribution in [2.45, 2.75) is 25.7 Å². The third-order valence-corrected chi connectivity index (χ3v) is 4.62. The quantitative estimate of drug-likeness (QED) is 0.618. The largest absolute Gasteiger partial charge is 0.493 e. The summed E-state index contributed by atoms with van der Waals surface area (Å²) in [4.78, 5) is 0. The normalized spacial score (nSPS) is 12.2. The molecule has 0 aliphatic heterocycles. The lowest BCUT2D eigenvalue weighted by Gasteiger charge is -2.18. The minimum Gasteiger partial charge on any atom is -0.493 e. The molecule has 0 aliphatic rings. The van der Waals surface area contributed by atoms with Gasteiger partial charge in [-0.2, -0.15) is 0 Å². The van der Waals surface area contributed by atoms with Crippen LogP contribution in [0, 0.1) is 6.92 Å². The highest BCUT2D eigenvalue weighted by atomic mass is 16.5. The van der Waals surface area contributed by atoms with Gasteiger partial charge in [0.2, 0.25) is 0 Å². The number of nitrogens with two attached hydrogens (primary N) is 1. The number of benzene rings is 3. The van der Waals surface area contributed by atoms with Crippen LogP contribution in [0.25, 0.3) is 10.8 Å². The molecule has 0 saturated heterocycles. The van der Waals surface area contributed by atoms with Crippen LogP contribution in [0.2, 0.25) is 0 Å². The molecule has 0 saturated carbocycles. The lowest BCUT2D eigenvalue weighted by atomic mass is 9.91. The molecule has 0 spiro atoms. The van der Waals surface area contributed by atoms with E-state index in [9.17, 15) is 0 Å². The maximum absolute atomic E-state index is 6.04. The Bertz CT molecular complexity index is 791. The second-order valence-corrected chi connectivity index (χ2v) is 6.26. The topological polar surface area (TPSA) is 35.2 Å². The SMILES string of the molecule is Cc1ccccc1C(CN)CCCOc1cccc2ccccc12. The van der Waals surface area contributed by atoms with Gasteiger partial charge >= 0.3 is 0 Å². The molecule has 0 bridgehead atoms. The molecule has 1 unspecified atom stereocenters. The van der Waals surface area contributed by atoms with E-state index in [1.807, 2.05) is 12.1 Å². The predicted octanol–water partition coefficient (Wildman–Crippen LogP) is 5.05. The highest BCUT2D eigenvalue weighted by molar-refractivity contribution is 5.88. The molecule has 24 heavy (non-hydrogen) atoms. The summed E-state index contributed by atoms with van der Waals surface area (Å²) in [7, 11) is 0. The average Bonchev–Trinajstić information content (AvgIpc) is 2.63. The molecule has 3 aromatic carbocycles. The molecular formula is C22H25NO. The first kappa shape index (κ1) is 16.5. The summed E-state index contributed by atoms with van der Waals surface area (Å²) >= 11 is 0. The van der Waals surface area contributed by atoms with Gasteiger partial charge in [0.05, 0.1) is 6.61 Å². The fourth-order valence-corrected chi connectivity index (χ4v) is 3.28. The zero-order valence-corrected chi connectivity index (χ0v) is 14.2. The molecule has 1 atom stereocenters. The average molecular weight is 319 g/mol. The van der Waals surface area contributed by atoms with Gasteiger partial charge in [-0.15, -0.1) is 0 Å². The Balaban J connectivity index is 1.59. The van der Waals surface area contributed by atoms with Crippen molar-refractivity contribution in [3.8, 4) is 5.75 Å². The summed E-state index contributed by atoms with van der Waals surface area (Å²) in [5.41, 5.74) is 8.69. The molecule has 3 aromatic rings. The van der Waals surface area contributed by atoms with Crippen LogP contribution in [0.4, 0.5) is 0 Å². The van der Waals surface area contributed by atoms with Crippen molar-refractivity contribution in [3.05, 3.63) is 77.9 Å². The van der Waals surface area contributed by atoms with Gasteiger partial charge in [0, 0.05) is 5.39 Å². The van der Waals surface area contributed by atoms with E-state index in [-0.39, 0.29) is 0 Å². The Labute approximate surface area is 144 Å². The summed E-state index contributed by atoms with van der Waals surface area (Å²) in [6.45, 7) is 3.56. The Kier molecular flexibility index (Phi) is 5.50. The van der Waals surface area contributed by atoms with Crippen LogP contribution in [-0.2, 0) is 0 Å². The number of rotatable bonds is 7. The zero-order valence-electron chi connectivity index (χ0n) is 14.2. The third-order valence-electron chi connectivity index (χ3n) is 4.62. The van der Waals surface area contributed by atoms with Crippen molar-refractivity contribution in [1.29, 1.82) is 0 Å². The fourth-order valence-electron chi connectivity index (χ4n) is 3.28. The first-order valence-electron chi connectivity index (χ1n) is 8.65. The Morgan fingerprint density at radius 1 is 0.917 bits per heavy atom. The minimum absolute atomic E-state index is 0.405. The summed E-state index contributed by atoms with van der Waals surface area (Å²) in [6.07, 6.45) is 2.05. The summed E-state index contributed by atoms with van der Waals surface area (Å²) in [6, 6.07) is 23.1. The van der Waals surface area contributed by atoms with Crippen molar-refractivity contribution in [2.75, 3.05) is 13.2 Å². The van der Waals surface area contributed by atoms with Crippen molar-refractivity contribution >= 4 is 10.8 Å². The highest BCUT2D eigenvalue weighted by Crippen LogP contribution is 2.26. The van der Waals surface area contributed by atoms with Gasteiger partial charge < -0.3 is 10.5 Å². The molecular weight excluding hydrogens is 294 g/mol. The van der Waals surface area contributed by atoms with Crippen LogP contribution in [-0.4, -0.2) is 13.2 Å². The Hall–Kier alpha value is -2.32. The summed E-state index contributed by atoms with van der Waals surface area (Å²) in [5, 5.41) is 2.39. The Morgan fingerprint density at radius 2 is 1.67 bits per heavy atom. The monoisotopic (exact) mass is 319 g/mol. The summed E-state index contributed by atoms with van der Waals surface area (Å²) < 4.78 is 6.04. The number of fused-ring (bicyclic) bond motifs is 1. The van der Waals surface area contributed by atoms with Crippen LogP contribution >= 0.6 is 0 Å². The first-order chi connectivity index (χ1) is 11.8. The predicted molar refractivity (Wildman–Crippen MR) is 102 cm³/mol. The number of hydrogen-bond donors (Lipinski definition) is 1. The van der Waals surface area contributed by atoms with E-state index >= 15 is 0 Å². The van der Waals surface area contributed by atoms with Crippen LogP contribution in [0.5, 0.6) is 5.75 Å². The van der Waals surface area contributed by atoms with Crippen LogP contribution < -0.4 is 10.5 Å². The van der Waals surface area contributed by atoms with E-state index in [0.29, 0.717) is 12.5 Å². The molecule has 124 valence electrons. The molecule has 3 rings (SSSR count). The number of ether oxygens (including phenoxy) is 1. The lowest BCUT2D eigenvalue weighted by Crippen LogP contribution is -2.14. The highest BCUT2D eigenvalue weighted by Gasteiger charge is 2.11. The smallest absolute Gasteiger partial charge is 0.127 e. The number of hydrogen-bond acceptors (Lipinski definition) is 2. The molecule has 2 nitrogen and oxygen atoms in total. The third kappa shape index (κ3) is 3.77. The van der Waals surface area contributed by atoms with Gasteiger partial charge in [-0.1, -0.05) is 60.7 Å². The zero-order chi connectivity index (χ0) is 16.8. The maximum atomic E-state index is 6.04. The van der Waals surface area contributed by atoms with Crippen LogP contribution in [0.1, 0.15) is 29.9 Å². The molecule has 2 N–H and O–H groups in total. The van der Waals surface area contributed by atoms with Gasteiger partial charge in [0.25, 0.3) is 0 Å². The molecule has 0 radical (unpaired) electrons. The van der Waals surface area contributed by atoms with E-state index in [2.05, 4.69) is 61.5 Å². The number of aryl methyl sites for hydroxylation is 1. The van der Waals surface area contributed by atoms with Crippen LogP contribution in [0.15, 0.2) is 66.7 Å². The maximum Gasteiger partial charge on any atom is 0.127 e. The van der Waals surface area contributed by atoms with E-state index in [4.69, 9.17) is 10.5 Å². The minimum atomic E-state index is 0.405. The van der Waals surface area contributed by atoms with E-state index in [1.165, 1.54) is 21.9 Å². The van der Waals surface area contributed by atoms with E-state index in [1.54, 1.807) is 0 Å². The standard InChI is InChI=1S/C22H25NO/c1-17-8-2-4-12-20(17)19(16-23)11-7-15-24-22-14-6-10-18-9-3-5-13-21(18)22/h2-6,8-10,12-14,19H,7,11,15-16,23H2,1H3. The second-order valence-electron chi connectivity index (χ2n) is 6.26. The second kappa shape index (κ2) is 7.98.